The molecule has 8 rings (SSSR count). The maximum atomic E-state index is 15.0. The lowest BCUT2D eigenvalue weighted by atomic mass is 9.32. The van der Waals surface area contributed by atoms with E-state index in [0.717, 1.165) is 37.7 Å². The van der Waals surface area contributed by atoms with E-state index in [2.05, 4.69) is 27.4 Å². The van der Waals surface area contributed by atoms with Crippen LogP contribution in [0.15, 0.2) is 12.2 Å². The van der Waals surface area contributed by atoms with Gasteiger partial charge in [0.25, 0.3) is 0 Å². The van der Waals surface area contributed by atoms with Crippen molar-refractivity contribution in [1.29, 1.82) is 0 Å². The maximum absolute atomic E-state index is 15.0. The molecule has 3 aliphatic heterocycles. The smallest absolute Gasteiger partial charge is 0.314 e. The number of hydrogen-bond donors (Lipinski definition) is 12. The van der Waals surface area contributed by atoms with Crippen molar-refractivity contribution in [3.63, 3.8) is 0 Å². The van der Waals surface area contributed by atoms with Gasteiger partial charge in [-0.3, -0.25) is 4.79 Å². The Morgan fingerprint density at radius 2 is 1.16 bits per heavy atom. The third-order valence-electron chi connectivity index (χ3n) is 19.9. The number of esters is 1. The van der Waals surface area contributed by atoms with Gasteiger partial charge in [0.1, 0.15) is 73.2 Å². The number of aliphatic hydroxyl groups excluding tert-OH is 12. The van der Waals surface area contributed by atoms with E-state index in [0.29, 0.717) is 32.1 Å². The molecule has 0 aromatic heterocycles. The molecule has 12 N–H and O–H groups in total. The van der Waals surface area contributed by atoms with Gasteiger partial charge < -0.3 is 89.7 Å². The van der Waals surface area contributed by atoms with Crippen LogP contribution in [0, 0.1) is 56.7 Å². The Morgan fingerprint density at radius 3 is 1.76 bits per heavy atom. The molecule has 19 heteroatoms. The van der Waals surface area contributed by atoms with Gasteiger partial charge in [-0.1, -0.05) is 39.8 Å². The summed E-state index contributed by atoms with van der Waals surface area (Å²) in [6.07, 6.45) is -16.9. The van der Waals surface area contributed by atoms with Crippen LogP contribution in [-0.4, -0.2) is 192 Å². The predicted molar refractivity (Wildman–Crippen MR) is 232 cm³/mol. The highest BCUT2D eigenvalue weighted by atomic mass is 16.7. The fourth-order valence-electron chi connectivity index (χ4n) is 15.8. The first kappa shape index (κ1) is 51.9. The molecule has 0 spiro atoms. The minimum Gasteiger partial charge on any atom is -0.432 e. The van der Waals surface area contributed by atoms with Crippen molar-refractivity contribution in [1.82, 2.24) is 0 Å². The van der Waals surface area contributed by atoms with E-state index in [1.54, 1.807) is 0 Å². The second kappa shape index (κ2) is 18.9. The molecule has 0 aromatic rings. The van der Waals surface area contributed by atoms with Crippen LogP contribution in [0.1, 0.15) is 98.8 Å². The molecule has 5 aliphatic carbocycles. The van der Waals surface area contributed by atoms with E-state index in [-0.39, 0.29) is 52.4 Å². The molecular weight excluding hydrogens is 881 g/mol. The highest BCUT2D eigenvalue weighted by Crippen LogP contribution is 2.78. The molecule has 8 aliphatic rings. The first-order chi connectivity index (χ1) is 31.5. The zero-order valence-electron chi connectivity index (χ0n) is 39.5. The average molecular weight is 959 g/mol. The van der Waals surface area contributed by atoms with Gasteiger partial charge >= 0.3 is 5.97 Å². The SMILES string of the molecule is C=C(C)[C@@H]1CC[C@]2(C(=O)O[C@@H]3O[C@H](CO[C@@H]4O[C@H](CO)[C@@H](O)[C@H](O)[C@H]4O)[C@@H](O)[C@H](O)[C@H]3O)CC[C@]3(C)[C@H](CC[C@@H]4[C@@]5(C)CC[C@H](O[C@@H]6O[C@H](CO)[C@@H](O)[C@H](O)[C@H]6O)[C@@](C)(CO)[C@@H]5CC[C@]43C)[C@@H]12. The average Bonchev–Trinajstić information content (AvgIpc) is 3.71. The van der Waals surface area contributed by atoms with E-state index in [4.69, 9.17) is 28.4 Å². The summed E-state index contributed by atoms with van der Waals surface area (Å²) in [5, 5.41) is 126. The maximum Gasteiger partial charge on any atom is 0.314 e. The highest BCUT2D eigenvalue weighted by Gasteiger charge is 2.73. The fourth-order valence-corrected chi connectivity index (χ4v) is 15.8. The zero-order chi connectivity index (χ0) is 48.9. The lowest BCUT2D eigenvalue weighted by Gasteiger charge is -2.73. The molecule has 26 atom stereocenters. The van der Waals surface area contributed by atoms with E-state index >= 15 is 0 Å². The van der Waals surface area contributed by atoms with Gasteiger partial charge in [0, 0.05) is 5.41 Å². The molecule has 0 unspecified atom stereocenters. The molecule has 67 heavy (non-hydrogen) atoms. The summed E-state index contributed by atoms with van der Waals surface area (Å²) >= 11 is 0. The van der Waals surface area contributed by atoms with Crippen molar-refractivity contribution in [3.8, 4) is 0 Å². The fraction of sp³-hybridized carbons (Fsp3) is 0.938. The minimum atomic E-state index is -1.82. The number of aliphatic hydroxyl groups is 12. The molecule has 8 fully saturated rings. The minimum absolute atomic E-state index is 0.00114. The number of carbonyl (C=O) groups is 1. The van der Waals surface area contributed by atoms with Crippen LogP contribution in [0.3, 0.4) is 0 Å². The Bertz CT molecular complexity index is 1790. The molecule has 3 saturated heterocycles. The van der Waals surface area contributed by atoms with Crippen molar-refractivity contribution < 1.29 is 94.5 Å². The van der Waals surface area contributed by atoms with Crippen molar-refractivity contribution in [2.75, 3.05) is 26.4 Å². The summed E-state index contributed by atoms with van der Waals surface area (Å²) in [6, 6.07) is 0. The summed E-state index contributed by atoms with van der Waals surface area (Å²) in [7, 11) is 0. The van der Waals surface area contributed by atoms with Gasteiger partial charge in [-0.05, 0) is 117 Å². The van der Waals surface area contributed by atoms with Crippen LogP contribution < -0.4 is 0 Å². The topological polar surface area (TPSA) is 315 Å². The molecule has 384 valence electrons. The monoisotopic (exact) mass is 959 g/mol. The zero-order valence-corrected chi connectivity index (χ0v) is 39.5. The van der Waals surface area contributed by atoms with Gasteiger partial charge in [0.15, 0.2) is 12.6 Å². The van der Waals surface area contributed by atoms with Crippen molar-refractivity contribution in [3.05, 3.63) is 12.2 Å². The van der Waals surface area contributed by atoms with Crippen LogP contribution in [0.25, 0.3) is 0 Å². The second-order valence-corrected chi connectivity index (χ2v) is 22.8. The van der Waals surface area contributed by atoms with Gasteiger partial charge in [-0.2, -0.15) is 0 Å². The predicted octanol–water partition coefficient (Wildman–Crippen LogP) is -1.03. The number of ether oxygens (including phenoxy) is 6. The summed E-state index contributed by atoms with van der Waals surface area (Å²) in [6.45, 7) is 13.6. The molecule has 19 nitrogen and oxygen atoms in total. The first-order valence-electron chi connectivity index (χ1n) is 24.5. The van der Waals surface area contributed by atoms with Crippen molar-refractivity contribution >= 4 is 5.97 Å². The number of hydrogen-bond acceptors (Lipinski definition) is 19. The summed E-state index contributed by atoms with van der Waals surface area (Å²) in [4.78, 5) is 15.0. The Labute approximate surface area is 392 Å². The van der Waals surface area contributed by atoms with Crippen molar-refractivity contribution in [2.45, 2.75) is 197 Å². The lowest BCUT2D eigenvalue weighted by molar-refractivity contribution is -0.335. The van der Waals surface area contributed by atoms with Crippen LogP contribution in [0.4, 0.5) is 0 Å². The van der Waals surface area contributed by atoms with Gasteiger partial charge in [0.05, 0.1) is 37.9 Å². The van der Waals surface area contributed by atoms with E-state index < -0.39 is 135 Å². The van der Waals surface area contributed by atoms with E-state index in [1.807, 2.05) is 13.8 Å². The lowest BCUT2D eigenvalue weighted by Crippen LogP contribution is -2.68. The Kier molecular flexibility index (Phi) is 14.6. The molecule has 0 radical (unpaired) electrons. The second-order valence-electron chi connectivity index (χ2n) is 22.8. The van der Waals surface area contributed by atoms with Gasteiger partial charge in [-0.25, -0.2) is 0 Å². The summed E-state index contributed by atoms with van der Waals surface area (Å²) in [5.74, 6) is -0.388. The molecule has 3 heterocycles. The Balaban J connectivity index is 1.00. The summed E-state index contributed by atoms with van der Waals surface area (Å²) in [5.41, 5.74) is -1.40. The van der Waals surface area contributed by atoms with Crippen LogP contribution in [-0.2, 0) is 33.2 Å². The largest absolute Gasteiger partial charge is 0.432 e. The van der Waals surface area contributed by atoms with Crippen LogP contribution >= 0.6 is 0 Å². The van der Waals surface area contributed by atoms with Gasteiger partial charge in [0.2, 0.25) is 6.29 Å². The molecule has 0 aromatic carbocycles. The van der Waals surface area contributed by atoms with E-state index in [9.17, 15) is 66.1 Å². The standard InChI is InChI=1S/C48H78O19/c1-21(2)22-9-14-48(43(61)67-42-39(60)36(57)33(54)26(65-42)19-62-40-37(58)34(55)31(52)24(17-49)63-40)16-15-46(5)23(30(22)48)7-8-28-44(3)12-11-29(45(4,20-51)27(44)10-13-47(28,46)6)66-41-38(59)35(56)32(53)25(18-50)64-41/h22-42,49-60H,1,7-20H2,2-6H3/t22-,23+,24+,25+,26+,27+,28+,29-,30+,31+,32+,33+,34-,35-,36-,37+,38+,39+,40+,41-,42-,44-,45-,46+,47+,48-/m0/s1. The summed E-state index contributed by atoms with van der Waals surface area (Å²) < 4.78 is 35.3. The Hall–Kier alpha value is -1.47. The number of carbonyl (C=O) groups excluding carboxylic acids is 1. The quantitative estimate of drug-likeness (QED) is 0.0669. The molecular formula is C48H78O19. The third-order valence-corrected chi connectivity index (χ3v) is 19.9. The van der Waals surface area contributed by atoms with Gasteiger partial charge in [-0.15, -0.1) is 0 Å². The van der Waals surface area contributed by atoms with Crippen molar-refractivity contribution in [2.24, 2.45) is 56.7 Å². The van der Waals surface area contributed by atoms with Crippen LogP contribution in [0.5, 0.6) is 0 Å². The normalized spacial score (nSPS) is 55.4. The number of fused-ring (bicyclic) bond motifs is 7. The first-order valence-corrected chi connectivity index (χ1v) is 24.5. The Morgan fingerprint density at radius 1 is 0.597 bits per heavy atom. The third kappa shape index (κ3) is 8.01. The number of allylic oxidation sites excluding steroid dienone is 1. The number of rotatable bonds is 11. The highest BCUT2D eigenvalue weighted by molar-refractivity contribution is 5.78. The van der Waals surface area contributed by atoms with E-state index in [1.165, 1.54) is 0 Å². The molecule has 5 saturated carbocycles. The molecule has 0 bridgehead atoms. The van der Waals surface area contributed by atoms with Crippen LogP contribution in [0.2, 0.25) is 0 Å². The molecule has 0 amide bonds.